The molecule has 7 nitrogen and oxygen atoms in total. The van der Waals surface area contributed by atoms with E-state index in [9.17, 15) is 14.7 Å². The molecule has 0 amide bonds. The Bertz CT molecular complexity index is 388. The highest BCUT2D eigenvalue weighted by Crippen LogP contribution is 2.23. The van der Waals surface area contributed by atoms with Gasteiger partial charge in [0.2, 0.25) is 0 Å². The Balaban J connectivity index is 2.85. The Morgan fingerprint density at radius 2 is 2.06 bits per heavy atom. The lowest BCUT2D eigenvalue weighted by atomic mass is 9.90. The third-order valence-corrected chi connectivity index (χ3v) is 2.43. The zero-order valence-corrected chi connectivity index (χ0v) is 8.87. The third kappa shape index (κ3) is 2.83. The maximum atomic E-state index is 10.8. The van der Waals surface area contributed by atoms with E-state index < -0.39 is 35.9 Å². The van der Waals surface area contributed by atoms with Crippen molar-refractivity contribution in [2.75, 3.05) is 0 Å². The first-order valence-corrected chi connectivity index (χ1v) is 4.80. The van der Waals surface area contributed by atoms with Crippen molar-refractivity contribution >= 4 is 11.9 Å². The van der Waals surface area contributed by atoms with E-state index in [1.165, 1.54) is 6.08 Å². The van der Waals surface area contributed by atoms with Gasteiger partial charge >= 0.3 is 11.9 Å². The van der Waals surface area contributed by atoms with Crippen LogP contribution < -0.4 is 5.73 Å². The van der Waals surface area contributed by atoms with Crippen molar-refractivity contribution in [3.8, 4) is 0 Å². The van der Waals surface area contributed by atoms with Crippen molar-refractivity contribution < 1.29 is 29.6 Å². The van der Waals surface area contributed by atoms with E-state index in [1.54, 1.807) is 0 Å². The highest BCUT2D eigenvalue weighted by Gasteiger charge is 2.37. The lowest BCUT2D eigenvalue weighted by molar-refractivity contribution is -0.140. The quantitative estimate of drug-likeness (QED) is 0.370. The van der Waals surface area contributed by atoms with Crippen molar-refractivity contribution in [2.24, 2.45) is 5.73 Å². The highest BCUT2D eigenvalue weighted by atomic mass is 16.5. The van der Waals surface area contributed by atoms with Crippen LogP contribution in [0.15, 0.2) is 24.0 Å². The number of carboxylic acids is 2. The second kappa shape index (κ2) is 4.98. The van der Waals surface area contributed by atoms with Gasteiger partial charge in [-0.15, -0.1) is 0 Å². The molecule has 3 atom stereocenters. The standard InChI is InChI=1S/C10H13NO6/c1-4(9(13)14)17-8-6(11)3-2-5(7(8)12)10(15)16/h2,6-8,12H,1,3,11H2,(H,13,14)(H,15,16)/t6-,7+,8+/m1/s1. The summed E-state index contributed by atoms with van der Waals surface area (Å²) in [4.78, 5) is 21.3. The summed E-state index contributed by atoms with van der Waals surface area (Å²) in [7, 11) is 0. The second-order valence-electron chi connectivity index (χ2n) is 3.62. The number of rotatable bonds is 4. The number of aliphatic hydroxyl groups excluding tert-OH is 1. The van der Waals surface area contributed by atoms with Crippen molar-refractivity contribution in [3.63, 3.8) is 0 Å². The number of ether oxygens (including phenoxy) is 1. The Morgan fingerprint density at radius 3 is 2.53 bits per heavy atom. The molecular weight excluding hydrogens is 230 g/mol. The van der Waals surface area contributed by atoms with Crippen molar-refractivity contribution in [3.05, 3.63) is 24.0 Å². The van der Waals surface area contributed by atoms with Crippen molar-refractivity contribution in [1.82, 2.24) is 0 Å². The first kappa shape index (κ1) is 13.2. The van der Waals surface area contributed by atoms with E-state index in [2.05, 4.69) is 6.58 Å². The summed E-state index contributed by atoms with van der Waals surface area (Å²) in [6.07, 6.45) is -1.14. The van der Waals surface area contributed by atoms with E-state index in [4.69, 9.17) is 20.7 Å². The first-order chi connectivity index (χ1) is 7.84. The fourth-order valence-electron chi connectivity index (χ4n) is 1.51. The monoisotopic (exact) mass is 243 g/mol. The molecule has 0 spiro atoms. The summed E-state index contributed by atoms with van der Waals surface area (Å²) in [5.41, 5.74) is 5.37. The zero-order chi connectivity index (χ0) is 13.2. The van der Waals surface area contributed by atoms with Gasteiger partial charge < -0.3 is 25.8 Å². The number of nitrogens with two attached hydrogens (primary N) is 1. The highest BCUT2D eigenvalue weighted by molar-refractivity contribution is 5.88. The molecule has 94 valence electrons. The molecule has 0 unspecified atom stereocenters. The maximum absolute atomic E-state index is 10.8. The Hall–Kier alpha value is -1.86. The molecule has 0 aromatic carbocycles. The van der Waals surface area contributed by atoms with E-state index >= 15 is 0 Å². The maximum Gasteiger partial charge on any atom is 0.370 e. The zero-order valence-electron chi connectivity index (χ0n) is 8.87. The molecule has 0 radical (unpaired) electrons. The normalized spacial score (nSPS) is 28.1. The topological polar surface area (TPSA) is 130 Å². The summed E-state index contributed by atoms with van der Waals surface area (Å²) in [5, 5.41) is 27.1. The van der Waals surface area contributed by atoms with Gasteiger partial charge in [-0.05, 0) is 13.0 Å². The molecule has 17 heavy (non-hydrogen) atoms. The molecule has 0 bridgehead atoms. The summed E-state index contributed by atoms with van der Waals surface area (Å²) >= 11 is 0. The SMILES string of the molecule is C=C(O[C@H]1[C@H](N)CC=C(C(=O)O)[C@@H]1O)C(=O)O. The van der Waals surface area contributed by atoms with Crippen LogP contribution in [0, 0.1) is 0 Å². The lowest BCUT2D eigenvalue weighted by Gasteiger charge is -2.32. The van der Waals surface area contributed by atoms with Gasteiger partial charge in [-0.1, -0.05) is 6.08 Å². The van der Waals surface area contributed by atoms with Crippen LogP contribution in [0.3, 0.4) is 0 Å². The molecule has 0 heterocycles. The molecule has 0 aromatic rings. The van der Waals surface area contributed by atoms with Gasteiger partial charge in [-0.25, -0.2) is 9.59 Å². The minimum absolute atomic E-state index is 0.177. The van der Waals surface area contributed by atoms with Crippen LogP contribution in [0.4, 0.5) is 0 Å². The predicted octanol–water partition coefficient (Wildman–Crippen LogP) is -0.927. The number of carbonyl (C=O) groups is 2. The third-order valence-electron chi connectivity index (χ3n) is 2.43. The number of aliphatic hydroxyl groups is 1. The van der Waals surface area contributed by atoms with Crippen molar-refractivity contribution in [1.29, 1.82) is 0 Å². The predicted molar refractivity (Wildman–Crippen MR) is 56.0 cm³/mol. The first-order valence-electron chi connectivity index (χ1n) is 4.80. The molecule has 0 saturated heterocycles. The smallest absolute Gasteiger partial charge is 0.370 e. The Labute approximate surface area is 96.8 Å². The van der Waals surface area contributed by atoms with Crippen LogP contribution in [-0.2, 0) is 14.3 Å². The van der Waals surface area contributed by atoms with E-state index in [-0.39, 0.29) is 12.0 Å². The summed E-state index contributed by atoms with van der Waals surface area (Å²) in [6.45, 7) is 3.13. The molecule has 1 aliphatic rings. The van der Waals surface area contributed by atoms with Gasteiger partial charge in [0.25, 0.3) is 0 Å². The molecule has 0 aromatic heterocycles. The number of aliphatic carboxylic acids is 2. The number of carboxylic acid groups (broad SMARTS) is 2. The molecule has 0 fully saturated rings. The summed E-state index contributed by atoms with van der Waals surface area (Å²) in [5.74, 6) is -3.27. The Kier molecular flexibility index (Phi) is 3.87. The van der Waals surface area contributed by atoms with E-state index in [0.29, 0.717) is 0 Å². The Morgan fingerprint density at radius 1 is 1.47 bits per heavy atom. The molecule has 0 saturated carbocycles. The molecule has 0 aliphatic heterocycles. The van der Waals surface area contributed by atoms with Crippen LogP contribution in [0.5, 0.6) is 0 Å². The van der Waals surface area contributed by atoms with Crippen molar-refractivity contribution in [2.45, 2.75) is 24.7 Å². The molecule has 5 N–H and O–H groups in total. The van der Waals surface area contributed by atoms with E-state index in [0.717, 1.165) is 0 Å². The van der Waals surface area contributed by atoms with E-state index in [1.807, 2.05) is 0 Å². The van der Waals surface area contributed by atoms with Crippen LogP contribution >= 0.6 is 0 Å². The average molecular weight is 243 g/mol. The van der Waals surface area contributed by atoms with Gasteiger partial charge in [0.1, 0.15) is 12.2 Å². The minimum Gasteiger partial charge on any atom is -0.479 e. The van der Waals surface area contributed by atoms with Crippen LogP contribution in [0.25, 0.3) is 0 Å². The van der Waals surface area contributed by atoms with Gasteiger partial charge in [0.05, 0.1) is 5.57 Å². The fourth-order valence-corrected chi connectivity index (χ4v) is 1.51. The molecular formula is C10H13NO6. The minimum atomic E-state index is -1.48. The van der Waals surface area contributed by atoms with Crippen LogP contribution in [0.2, 0.25) is 0 Å². The average Bonchev–Trinajstić information content (AvgIpc) is 2.22. The largest absolute Gasteiger partial charge is 0.479 e. The fraction of sp³-hybridized carbons (Fsp3) is 0.400. The number of hydrogen-bond acceptors (Lipinski definition) is 5. The van der Waals surface area contributed by atoms with Gasteiger partial charge in [0, 0.05) is 6.04 Å². The van der Waals surface area contributed by atoms with Gasteiger partial charge in [-0.3, -0.25) is 0 Å². The molecule has 1 aliphatic carbocycles. The van der Waals surface area contributed by atoms with Crippen LogP contribution in [0.1, 0.15) is 6.42 Å². The van der Waals surface area contributed by atoms with Gasteiger partial charge in [0.15, 0.2) is 5.76 Å². The summed E-state index contributed by atoms with van der Waals surface area (Å²) in [6, 6.07) is -0.691. The van der Waals surface area contributed by atoms with Gasteiger partial charge in [-0.2, -0.15) is 0 Å². The second-order valence-corrected chi connectivity index (χ2v) is 3.62. The molecule has 1 rings (SSSR count). The molecule has 7 heteroatoms. The van der Waals surface area contributed by atoms with Crippen LogP contribution in [-0.4, -0.2) is 45.5 Å². The number of hydrogen-bond donors (Lipinski definition) is 4. The summed E-state index contributed by atoms with van der Waals surface area (Å²) < 4.78 is 4.88. The lowest BCUT2D eigenvalue weighted by Crippen LogP contribution is -2.49.